The van der Waals surface area contributed by atoms with Crippen molar-refractivity contribution in [2.45, 2.75) is 25.3 Å². The fraction of sp³-hybridized carbons (Fsp3) is 0.583. The summed E-state index contributed by atoms with van der Waals surface area (Å²) in [6.45, 7) is 3.47. The maximum atomic E-state index is 9.60. The molecule has 1 aliphatic rings. The van der Waals surface area contributed by atoms with Gasteiger partial charge in [-0.25, -0.2) is 4.98 Å². The van der Waals surface area contributed by atoms with Crippen LogP contribution >= 0.6 is 15.9 Å². The molecule has 5 heteroatoms. The highest BCUT2D eigenvalue weighted by Gasteiger charge is 2.32. The molecule has 94 valence electrons. The zero-order valence-electron chi connectivity index (χ0n) is 9.87. The number of aliphatic hydroxyl groups excluding tert-OH is 1. The van der Waals surface area contributed by atoms with Crippen molar-refractivity contribution in [1.82, 2.24) is 4.98 Å². The van der Waals surface area contributed by atoms with E-state index < -0.39 is 0 Å². The van der Waals surface area contributed by atoms with Crippen LogP contribution < -0.4 is 5.32 Å². The van der Waals surface area contributed by atoms with Gasteiger partial charge in [-0.15, -0.1) is 0 Å². The van der Waals surface area contributed by atoms with Gasteiger partial charge in [0.1, 0.15) is 5.82 Å². The number of rotatable bonds is 3. The Morgan fingerprint density at radius 3 is 2.88 bits per heavy atom. The van der Waals surface area contributed by atoms with Gasteiger partial charge >= 0.3 is 0 Å². The molecule has 17 heavy (non-hydrogen) atoms. The van der Waals surface area contributed by atoms with Gasteiger partial charge < -0.3 is 15.2 Å². The van der Waals surface area contributed by atoms with Crippen molar-refractivity contribution in [3.63, 3.8) is 0 Å². The number of anilines is 1. The van der Waals surface area contributed by atoms with Crippen molar-refractivity contribution in [2.75, 3.05) is 25.1 Å². The van der Waals surface area contributed by atoms with Gasteiger partial charge in [-0.2, -0.15) is 0 Å². The fourth-order valence-corrected chi connectivity index (χ4v) is 2.30. The molecular formula is C12H17BrN2O2. The van der Waals surface area contributed by atoms with Gasteiger partial charge in [0.05, 0.1) is 16.6 Å². The lowest BCUT2D eigenvalue weighted by atomic mass is 9.91. The molecule has 0 saturated carbocycles. The molecule has 0 atom stereocenters. The van der Waals surface area contributed by atoms with Crippen molar-refractivity contribution in [3.05, 3.63) is 22.3 Å². The van der Waals surface area contributed by atoms with Gasteiger partial charge in [-0.3, -0.25) is 0 Å². The molecule has 0 bridgehead atoms. The van der Waals surface area contributed by atoms with Crippen molar-refractivity contribution < 1.29 is 9.84 Å². The van der Waals surface area contributed by atoms with E-state index in [1.165, 1.54) is 0 Å². The summed E-state index contributed by atoms with van der Waals surface area (Å²) in [7, 11) is 0. The van der Waals surface area contributed by atoms with E-state index in [2.05, 4.69) is 26.2 Å². The Kier molecular flexibility index (Phi) is 4.01. The standard InChI is InChI=1S/C12H17BrN2O2/c1-9-2-5-14-11(10(9)13)15-12(8-16)3-6-17-7-4-12/h2,5,16H,3-4,6-8H2,1H3,(H,14,15). The molecule has 2 N–H and O–H groups in total. The highest BCUT2D eigenvalue weighted by molar-refractivity contribution is 9.10. The molecule has 0 aliphatic carbocycles. The smallest absolute Gasteiger partial charge is 0.141 e. The van der Waals surface area contributed by atoms with Crippen molar-refractivity contribution in [3.8, 4) is 0 Å². The molecule has 1 aliphatic heterocycles. The van der Waals surface area contributed by atoms with Crippen LogP contribution in [0.3, 0.4) is 0 Å². The third-order valence-corrected chi connectivity index (χ3v) is 4.22. The molecule has 0 spiro atoms. The lowest BCUT2D eigenvalue weighted by Crippen LogP contribution is -2.47. The molecule has 2 heterocycles. The molecule has 0 unspecified atom stereocenters. The van der Waals surface area contributed by atoms with Crippen LogP contribution in [0.4, 0.5) is 5.82 Å². The molecule has 0 aromatic carbocycles. The van der Waals surface area contributed by atoms with Gasteiger partial charge in [0.2, 0.25) is 0 Å². The molecule has 0 radical (unpaired) electrons. The Labute approximate surface area is 110 Å². The average Bonchev–Trinajstić information content (AvgIpc) is 2.36. The van der Waals surface area contributed by atoms with Gasteiger partial charge in [0.25, 0.3) is 0 Å². The van der Waals surface area contributed by atoms with Crippen LogP contribution in [-0.2, 0) is 4.74 Å². The minimum Gasteiger partial charge on any atom is -0.394 e. The Balaban J connectivity index is 2.20. The molecule has 1 saturated heterocycles. The highest BCUT2D eigenvalue weighted by atomic mass is 79.9. The maximum absolute atomic E-state index is 9.60. The second-order valence-electron chi connectivity index (χ2n) is 4.47. The van der Waals surface area contributed by atoms with Crippen molar-refractivity contribution >= 4 is 21.7 Å². The minimum absolute atomic E-state index is 0.0957. The minimum atomic E-state index is -0.304. The van der Waals surface area contributed by atoms with Crippen LogP contribution in [-0.4, -0.2) is 35.5 Å². The topological polar surface area (TPSA) is 54.4 Å². The molecule has 1 aromatic rings. The van der Waals surface area contributed by atoms with Crippen LogP contribution in [0, 0.1) is 6.92 Å². The Bertz CT molecular complexity index is 392. The number of halogens is 1. The van der Waals surface area contributed by atoms with Crippen LogP contribution in [0.5, 0.6) is 0 Å². The second-order valence-corrected chi connectivity index (χ2v) is 5.26. The number of nitrogens with one attached hydrogen (secondary N) is 1. The average molecular weight is 301 g/mol. The normalized spacial score (nSPS) is 19.0. The summed E-state index contributed by atoms with van der Waals surface area (Å²) >= 11 is 3.52. The highest BCUT2D eigenvalue weighted by Crippen LogP contribution is 2.30. The quantitative estimate of drug-likeness (QED) is 0.898. The van der Waals surface area contributed by atoms with Crippen LogP contribution in [0.2, 0.25) is 0 Å². The Morgan fingerprint density at radius 1 is 1.53 bits per heavy atom. The number of pyridine rings is 1. The predicted octanol–water partition coefficient (Wildman–Crippen LogP) is 2.11. The molecule has 1 aromatic heterocycles. The second kappa shape index (κ2) is 5.33. The Morgan fingerprint density at radius 2 is 2.24 bits per heavy atom. The monoisotopic (exact) mass is 300 g/mol. The zero-order chi connectivity index (χ0) is 12.3. The van der Waals surface area contributed by atoms with Crippen LogP contribution in [0.25, 0.3) is 0 Å². The number of aliphatic hydroxyl groups is 1. The maximum Gasteiger partial charge on any atom is 0.141 e. The van der Waals surface area contributed by atoms with Gasteiger partial charge in [-0.1, -0.05) is 0 Å². The largest absolute Gasteiger partial charge is 0.394 e. The van der Waals surface area contributed by atoms with Crippen molar-refractivity contribution in [2.24, 2.45) is 0 Å². The summed E-state index contributed by atoms with van der Waals surface area (Å²) in [6, 6.07) is 1.95. The molecular weight excluding hydrogens is 284 g/mol. The number of aryl methyl sites for hydroxylation is 1. The van der Waals surface area contributed by atoms with E-state index >= 15 is 0 Å². The lowest BCUT2D eigenvalue weighted by molar-refractivity contribution is 0.0378. The van der Waals surface area contributed by atoms with Crippen LogP contribution in [0.1, 0.15) is 18.4 Å². The lowest BCUT2D eigenvalue weighted by Gasteiger charge is -2.37. The first-order valence-corrected chi connectivity index (χ1v) is 6.54. The molecule has 0 amide bonds. The summed E-state index contributed by atoms with van der Waals surface area (Å²) in [5.41, 5.74) is 0.823. The number of ether oxygens (including phenoxy) is 1. The number of hydrogen-bond acceptors (Lipinski definition) is 4. The first-order chi connectivity index (χ1) is 8.17. The Hall–Kier alpha value is -0.650. The number of aromatic nitrogens is 1. The van der Waals surface area contributed by atoms with E-state index in [4.69, 9.17) is 4.74 Å². The molecule has 4 nitrogen and oxygen atoms in total. The summed E-state index contributed by atoms with van der Waals surface area (Å²) in [4.78, 5) is 4.32. The zero-order valence-corrected chi connectivity index (χ0v) is 11.5. The number of nitrogens with zero attached hydrogens (tertiary/aromatic N) is 1. The van der Waals surface area contributed by atoms with E-state index in [0.29, 0.717) is 13.2 Å². The summed E-state index contributed by atoms with van der Waals surface area (Å²) in [5, 5.41) is 13.0. The molecule has 1 fully saturated rings. The number of hydrogen-bond donors (Lipinski definition) is 2. The van der Waals surface area contributed by atoms with Crippen molar-refractivity contribution in [1.29, 1.82) is 0 Å². The third kappa shape index (κ3) is 2.78. The third-order valence-electron chi connectivity index (χ3n) is 3.22. The van der Waals surface area contributed by atoms with E-state index in [-0.39, 0.29) is 12.1 Å². The SMILES string of the molecule is Cc1ccnc(NC2(CO)CCOCC2)c1Br. The molecule has 2 rings (SSSR count). The van der Waals surface area contributed by atoms with Crippen LogP contribution in [0.15, 0.2) is 16.7 Å². The van der Waals surface area contributed by atoms with Gasteiger partial charge in [0.15, 0.2) is 0 Å². The van der Waals surface area contributed by atoms with E-state index in [1.54, 1.807) is 6.20 Å². The van der Waals surface area contributed by atoms with E-state index in [9.17, 15) is 5.11 Å². The predicted molar refractivity (Wildman–Crippen MR) is 70.2 cm³/mol. The first-order valence-electron chi connectivity index (χ1n) is 5.75. The fourth-order valence-electron chi connectivity index (χ4n) is 1.96. The van der Waals surface area contributed by atoms with Gasteiger partial charge in [0, 0.05) is 19.4 Å². The first kappa shape index (κ1) is 12.8. The summed E-state index contributed by atoms with van der Waals surface area (Å²) in [5.74, 6) is 0.793. The van der Waals surface area contributed by atoms with Gasteiger partial charge in [-0.05, 0) is 47.3 Å². The summed E-state index contributed by atoms with van der Waals surface area (Å²) in [6.07, 6.45) is 3.37. The van der Waals surface area contributed by atoms with E-state index in [1.807, 2.05) is 13.0 Å². The summed E-state index contributed by atoms with van der Waals surface area (Å²) < 4.78 is 6.29. The van der Waals surface area contributed by atoms with E-state index in [0.717, 1.165) is 28.7 Å².